The maximum Gasteiger partial charge on any atom is 0.238 e. The van der Waals surface area contributed by atoms with Gasteiger partial charge in [0, 0.05) is 11.8 Å². The third-order valence-corrected chi connectivity index (χ3v) is 8.56. The molecular weight excluding hydrogens is 549 g/mol. The lowest BCUT2D eigenvalue weighted by atomic mass is 9.62. The molecule has 0 radical (unpaired) electrons. The topological polar surface area (TPSA) is 96.3 Å². The third kappa shape index (κ3) is 3.45. The van der Waals surface area contributed by atoms with Crippen molar-refractivity contribution in [2.24, 2.45) is 29.6 Å². The summed E-state index contributed by atoms with van der Waals surface area (Å²) >= 11 is 2.03. The second-order valence-electron chi connectivity index (χ2n) is 9.82. The van der Waals surface area contributed by atoms with Crippen LogP contribution in [-0.4, -0.2) is 34.9 Å². The molecule has 1 aliphatic carbocycles. The average Bonchev–Trinajstić information content (AvgIpc) is 3.29. The highest BCUT2D eigenvalue weighted by Gasteiger charge is 2.67. The van der Waals surface area contributed by atoms with Crippen molar-refractivity contribution in [3.63, 3.8) is 0 Å². The second-order valence-corrected chi connectivity index (χ2v) is 11.0. The number of halogens is 1. The van der Waals surface area contributed by atoms with Crippen molar-refractivity contribution in [1.82, 2.24) is 0 Å². The molecule has 180 valence electrons. The Balaban J connectivity index is 1.55. The van der Waals surface area contributed by atoms with Gasteiger partial charge in [0.05, 0.1) is 34.3 Å². The van der Waals surface area contributed by atoms with Crippen LogP contribution in [0.1, 0.15) is 38.4 Å². The van der Waals surface area contributed by atoms with Gasteiger partial charge in [-0.15, -0.1) is 0 Å². The number of anilines is 1. The predicted octanol–water partition coefficient (Wildman–Crippen LogP) is 4.25. The first kappa shape index (κ1) is 23.6. The molecule has 2 aliphatic heterocycles. The number of fused-ring (bicyclic) bond motifs is 3. The number of phenolic OH excluding ortho intramolecular Hbond substituents is 1. The van der Waals surface area contributed by atoms with E-state index in [1.54, 1.807) is 30.3 Å². The normalized spacial score (nSPS) is 32.8. The molecule has 1 saturated carbocycles. The highest BCUT2D eigenvalue weighted by molar-refractivity contribution is 14.1. The van der Waals surface area contributed by atoms with Gasteiger partial charge in [0.15, 0.2) is 17.3 Å². The summed E-state index contributed by atoms with van der Waals surface area (Å²) in [7, 11) is 1.48. The molecule has 7 nitrogen and oxygen atoms in total. The number of carbonyl (C=O) groups is 2. The number of aliphatic hydroxyl groups is 1. The molecule has 6 atom stereocenters. The molecule has 2 heterocycles. The van der Waals surface area contributed by atoms with Crippen molar-refractivity contribution in [2.45, 2.75) is 38.6 Å². The first-order valence-corrected chi connectivity index (χ1v) is 12.6. The SMILES string of the molecule is COc1cc([C@@H]2C[C@H]3[C@H]4C(=O)N(c5ccccc5)C(=O)[C@H]4C[C@H](C(C)C)[C@@]3(O)O2)cc(I)c1O. The standard InChI is InChI=1S/C26H28INO6/c1-13(2)17-11-16-22(25(31)28(24(16)30)15-7-5-4-6-8-15)18-12-20(34-26(17,18)32)14-9-19(27)23(29)21(10-14)33-3/h4-10,13,16-18,20,22,29,32H,11-12H2,1-3H3/t16-,17+,18-,20-,22-,26+/m0/s1. The van der Waals surface area contributed by atoms with E-state index >= 15 is 0 Å². The highest BCUT2D eigenvalue weighted by Crippen LogP contribution is 2.60. The summed E-state index contributed by atoms with van der Waals surface area (Å²) in [6.07, 6.45) is 0.297. The van der Waals surface area contributed by atoms with Gasteiger partial charge in [-0.25, -0.2) is 0 Å². The first-order chi connectivity index (χ1) is 16.2. The number of hydrogen-bond acceptors (Lipinski definition) is 6. The van der Waals surface area contributed by atoms with Crippen LogP contribution in [0.25, 0.3) is 0 Å². The van der Waals surface area contributed by atoms with E-state index in [0.29, 0.717) is 27.8 Å². The summed E-state index contributed by atoms with van der Waals surface area (Å²) in [6.45, 7) is 4.03. The van der Waals surface area contributed by atoms with E-state index in [0.717, 1.165) is 5.56 Å². The number of aromatic hydroxyl groups is 1. The van der Waals surface area contributed by atoms with E-state index in [-0.39, 0.29) is 29.4 Å². The molecule has 3 fully saturated rings. The summed E-state index contributed by atoms with van der Waals surface area (Å²) in [5.41, 5.74) is 1.32. The summed E-state index contributed by atoms with van der Waals surface area (Å²) < 4.78 is 12.3. The van der Waals surface area contributed by atoms with Gasteiger partial charge in [0.2, 0.25) is 11.8 Å². The van der Waals surface area contributed by atoms with E-state index in [4.69, 9.17) is 9.47 Å². The van der Waals surface area contributed by atoms with Crippen molar-refractivity contribution >= 4 is 40.1 Å². The van der Waals surface area contributed by atoms with Crippen molar-refractivity contribution in [2.75, 3.05) is 12.0 Å². The van der Waals surface area contributed by atoms with E-state index in [9.17, 15) is 19.8 Å². The predicted molar refractivity (Wildman–Crippen MR) is 133 cm³/mol. The van der Waals surface area contributed by atoms with Crippen molar-refractivity contribution < 1.29 is 29.3 Å². The minimum Gasteiger partial charge on any atom is -0.504 e. The van der Waals surface area contributed by atoms with Gasteiger partial charge in [0.25, 0.3) is 0 Å². The number of nitrogens with zero attached hydrogens (tertiary/aromatic N) is 1. The molecule has 2 amide bonds. The third-order valence-electron chi connectivity index (χ3n) is 7.74. The molecule has 2 aromatic rings. The summed E-state index contributed by atoms with van der Waals surface area (Å²) in [6, 6.07) is 12.5. The lowest BCUT2D eigenvalue weighted by Gasteiger charge is -2.46. The fraction of sp³-hybridized carbons (Fsp3) is 0.462. The van der Waals surface area contributed by atoms with Crippen molar-refractivity contribution in [3.05, 3.63) is 51.6 Å². The van der Waals surface area contributed by atoms with Gasteiger partial charge in [-0.05, 0) is 71.2 Å². The van der Waals surface area contributed by atoms with Crippen molar-refractivity contribution in [3.8, 4) is 11.5 Å². The quantitative estimate of drug-likeness (QED) is 0.417. The van der Waals surface area contributed by atoms with Crippen LogP contribution in [0.5, 0.6) is 11.5 Å². The first-order valence-electron chi connectivity index (χ1n) is 11.6. The number of ether oxygens (including phenoxy) is 2. The van der Waals surface area contributed by atoms with E-state index in [1.165, 1.54) is 12.0 Å². The number of hydrogen-bond donors (Lipinski definition) is 2. The number of phenols is 1. The monoisotopic (exact) mass is 577 g/mol. The van der Waals surface area contributed by atoms with Gasteiger partial charge < -0.3 is 19.7 Å². The molecule has 5 rings (SSSR count). The van der Waals surface area contributed by atoms with Crippen LogP contribution in [-0.2, 0) is 14.3 Å². The van der Waals surface area contributed by atoms with E-state index in [1.807, 2.05) is 48.6 Å². The lowest BCUT2D eigenvalue weighted by molar-refractivity contribution is -0.276. The van der Waals surface area contributed by atoms with Gasteiger partial charge >= 0.3 is 0 Å². The number of rotatable bonds is 4. The Hall–Kier alpha value is -2.17. The summed E-state index contributed by atoms with van der Waals surface area (Å²) in [5, 5.41) is 22.2. The molecule has 2 aromatic carbocycles. The molecular formula is C26H28INO6. The number of benzene rings is 2. The van der Waals surface area contributed by atoms with Crippen LogP contribution in [0.4, 0.5) is 5.69 Å². The van der Waals surface area contributed by atoms with Gasteiger partial charge in [-0.3, -0.25) is 14.5 Å². The lowest BCUT2D eigenvalue weighted by Crippen LogP contribution is -2.55. The molecule has 0 unspecified atom stereocenters. The van der Waals surface area contributed by atoms with Gasteiger partial charge in [-0.2, -0.15) is 0 Å². The second kappa shape index (κ2) is 8.49. The molecule has 34 heavy (non-hydrogen) atoms. The van der Waals surface area contributed by atoms with Crippen LogP contribution in [0.3, 0.4) is 0 Å². The molecule has 0 aromatic heterocycles. The Bertz CT molecular complexity index is 1140. The van der Waals surface area contributed by atoms with Crippen LogP contribution >= 0.6 is 22.6 Å². The molecule has 8 heteroatoms. The summed E-state index contributed by atoms with van der Waals surface area (Å²) in [4.78, 5) is 28.4. The average molecular weight is 577 g/mol. The summed E-state index contributed by atoms with van der Waals surface area (Å²) in [5.74, 6) is -3.51. The van der Waals surface area contributed by atoms with E-state index in [2.05, 4.69) is 0 Å². The van der Waals surface area contributed by atoms with Gasteiger partial charge in [-0.1, -0.05) is 32.0 Å². The smallest absolute Gasteiger partial charge is 0.238 e. The fourth-order valence-electron chi connectivity index (χ4n) is 6.14. The zero-order valence-corrected chi connectivity index (χ0v) is 21.4. The zero-order valence-electron chi connectivity index (χ0n) is 19.3. The molecule has 3 aliphatic rings. The minimum atomic E-state index is -1.53. The Morgan fingerprint density at radius 1 is 1.15 bits per heavy atom. The van der Waals surface area contributed by atoms with E-state index < -0.39 is 29.6 Å². The Kier molecular flexibility index (Phi) is 5.89. The largest absolute Gasteiger partial charge is 0.504 e. The molecule has 2 saturated heterocycles. The fourth-order valence-corrected chi connectivity index (χ4v) is 6.77. The number of imide groups is 1. The maximum absolute atomic E-state index is 13.6. The zero-order chi connectivity index (χ0) is 24.4. The number of carbonyl (C=O) groups excluding carboxylic acids is 2. The van der Waals surface area contributed by atoms with Crippen molar-refractivity contribution in [1.29, 1.82) is 0 Å². The van der Waals surface area contributed by atoms with Crippen LogP contribution in [0.2, 0.25) is 0 Å². The molecule has 0 spiro atoms. The van der Waals surface area contributed by atoms with Crippen LogP contribution in [0.15, 0.2) is 42.5 Å². The highest BCUT2D eigenvalue weighted by atomic mass is 127. The molecule has 2 N–H and O–H groups in total. The van der Waals surface area contributed by atoms with Crippen LogP contribution < -0.4 is 9.64 Å². The number of para-hydroxylation sites is 1. The van der Waals surface area contributed by atoms with Crippen LogP contribution in [0, 0.1) is 33.2 Å². The molecule has 0 bridgehead atoms. The minimum absolute atomic E-state index is 0.0513. The Morgan fingerprint density at radius 3 is 2.50 bits per heavy atom. The maximum atomic E-state index is 13.6. The Morgan fingerprint density at radius 2 is 1.85 bits per heavy atom. The number of methoxy groups -OCH3 is 1. The number of amides is 2. The van der Waals surface area contributed by atoms with Gasteiger partial charge in [0.1, 0.15) is 0 Å². The Labute approximate surface area is 212 Å².